The zero-order valence-corrected chi connectivity index (χ0v) is 17.0. The lowest BCUT2D eigenvalue weighted by molar-refractivity contribution is -0.115. The molecule has 3 aromatic rings. The van der Waals surface area contributed by atoms with Gasteiger partial charge in [-0.2, -0.15) is 0 Å². The molecular weight excluding hydrogens is 388 g/mol. The summed E-state index contributed by atoms with van der Waals surface area (Å²) in [5.74, 6) is 0.527. The van der Waals surface area contributed by atoms with Gasteiger partial charge in [0.1, 0.15) is 5.75 Å². The van der Waals surface area contributed by atoms with Crippen molar-refractivity contribution in [2.75, 3.05) is 17.1 Å². The molecule has 2 N–H and O–H groups in total. The first-order valence-corrected chi connectivity index (χ1v) is 10.5. The zero-order chi connectivity index (χ0) is 20.9. The molecule has 0 unspecified atom stereocenters. The molecule has 0 aliphatic heterocycles. The number of aryl methyl sites for hydroxylation is 1. The lowest BCUT2D eigenvalue weighted by Gasteiger charge is -2.13. The summed E-state index contributed by atoms with van der Waals surface area (Å²) in [6, 6.07) is 20.5. The number of rotatable bonds is 7. The van der Waals surface area contributed by atoms with Crippen LogP contribution in [0.2, 0.25) is 0 Å². The maximum absolute atomic E-state index is 12.6. The van der Waals surface area contributed by atoms with Gasteiger partial charge in [0.15, 0.2) is 0 Å². The lowest BCUT2D eigenvalue weighted by Crippen LogP contribution is -2.16. The fourth-order valence-corrected chi connectivity index (χ4v) is 3.89. The molecule has 0 atom stereocenters. The average Bonchev–Trinajstić information content (AvgIpc) is 2.71. The van der Waals surface area contributed by atoms with Crippen LogP contribution >= 0.6 is 0 Å². The van der Waals surface area contributed by atoms with E-state index < -0.39 is 10.0 Å². The quantitative estimate of drug-likeness (QED) is 0.617. The average molecular weight is 410 g/mol. The van der Waals surface area contributed by atoms with Gasteiger partial charge in [0.2, 0.25) is 5.91 Å². The Balaban J connectivity index is 1.72. The Bertz CT molecular complexity index is 1100. The van der Waals surface area contributed by atoms with E-state index >= 15 is 0 Å². The third-order valence-electron chi connectivity index (χ3n) is 4.34. The predicted octanol–water partition coefficient (Wildman–Crippen LogP) is 3.99. The molecule has 3 aromatic carbocycles. The van der Waals surface area contributed by atoms with Crippen LogP contribution in [0.5, 0.6) is 5.75 Å². The first kappa shape index (κ1) is 20.4. The van der Waals surface area contributed by atoms with E-state index in [9.17, 15) is 13.2 Å². The van der Waals surface area contributed by atoms with Crippen LogP contribution in [0.3, 0.4) is 0 Å². The SMILES string of the molecule is COc1ccc(CC(=O)Nc2ccc(C)c(NS(=O)(=O)c3ccccc3)c2)cc1. The number of nitrogens with one attached hydrogen (secondary N) is 2. The predicted molar refractivity (Wildman–Crippen MR) is 114 cm³/mol. The van der Waals surface area contributed by atoms with Crippen molar-refractivity contribution < 1.29 is 17.9 Å². The van der Waals surface area contributed by atoms with Crippen LogP contribution in [-0.2, 0) is 21.2 Å². The second kappa shape index (κ2) is 8.79. The zero-order valence-electron chi connectivity index (χ0n) is 16.2. The van der Waals surface area contributed by atoms with Gasteiger partial charge in [-0.25, -0.2) is 8.42 Å². The number of anilines is 2. The Kier molecular flexibility index (Phi) is 6.19. The lowest BCUT2D eigenvalue weighted by atomic mass is 10.1. The van der Waals surface area contributed by atoms with Crippen molar-refractivity contribution in [3.63, 3.8) is 0 Å². The van der Waals surface area contributed by atoms with Gasteiger partial charge in [-0.15, -0.1) is 0 Å². The third-order valence-corrected chi connectivity index (χ3v) is 5.72. The van der Waals surface area contributed by atoms with Crippen molar-refractivity contribution >= 4 is 27.3 Å². The molecule has 0 aromatic heterocycles. The van der Waals surface area contributed by atoms with Gasteiger partial charge >= 0.3 is 0 Å². The van der Waals surface area contributed by atoms with Crippen LogP contribution in [0.25, 0.3) is 0 Å². The maximum atomic E-state index is 12.6. The van der Waals surface area contributed by atoms with Crippen LogP contribution in [0.4, 0.5) is 11.4 Å². The van der Waals surface area contributed by atoms with Gasteiger partial charge in [0.05, 0.1) is 24.1 Å². The molecule has 0 heterocycles. The molecular formula is C22H22N2O4S. The first-order chi connectivity index (χ1) is 13.9. The Morgan fingerprint density at radius 2 is 1.66 bits per heavy atom. The number of carbonyl (C=O) groups is 1. The highest BCUT2D eigenvalue weighted by atomic mass is 32.2. The number of ether oxygens (including phenoxy) is 1. The summed E-state index contributed by atoms with van der Waals surface area (Å²) in [7, 11) is -2.12. The van der Waals surface area contributed by atoms with E-state index in [1.165, 1.54) is 12.1 Å². The third kappa shape index (κ3) is 5.36. The van der Waals surface area contributed by atoms with Gasteiger partial charge in [-0.1, -0.05) is 36.4 Å². The van der Waals surface area contributed by atoms with Gasteiger partial charge in [-0.05, 0) is 54.4 Å². The largest absolute Gasteiger partial charge is 0.497 e. The van der Waals surface area contributed by atoms with Gasteiger partial charge < -0.3 is 10.1 Å². The molecule has 0 saturated carbocycles. The minimum absolute atomic E-state index is 0.174. The molecule has 0 radical (unpaired) electrons. The van der Waals surface area contributed by atoms with Crippen LogP contribution in [-0.4, -0.2) is 21.4 Å². The minimum Gasteiger partial charge on any atom is -0.497 e. The molecule has 0 spiro atoms. The second-order valence-electron chi connectivity index (χ2n) is 6.52. The fraction of sp³-hybridized carbons (Fsp3) is 0.136. The standard InChI is InChI=1S/C22H22N2O4S/c1-16-8-11-18(23-22(25)14-17-9-12-19(28-2)13-10-17)15-21(16)24-29(26,27)20-6-4-3-5-7-20/h3-13,15,24H,14H2,1-2H3,(H,23,25). The highest BCUT2D eigenvalue weighted by molar-refractivity contribution is 7.92. The molecule has 0 saturated heterocycles. The molecule has 0 aliphatic carbocycles. The summed E-state index contributed by atoms with van der Waals surface area (Å²) in [6.45, 7) is 1.80. The van der Waals surface area contributed by atoms with Gasteiger partial charge in [0, 0.05) is 5.69 Å². The van der Waals surface area contributed by atoms with Crippen molar-refractivity contribution in [1.82, 2.24) is 0 Å². The van der Waals surface area contributed by atoms with Gasteiger partial charge in [0.25, 0.3) is 10.0 Å². The monoisotopic (exact) mass is 410 g/mol. The highest BCUT2D eigenvalue weighted by Crippen LogP contribution is 2.24. The normalized spacial score (nSPS) is 11.0. The summed E-state index contributed by atoms with van der Waals surface area (Å²) >= 11 is 0. The van der Waals surface area contributed by atoms with Crippen LogP contribution in [0.1, 0.15) is 11.1 Å². The minimum atomic E-state index is -3.71. The molecule has 150 valence electrons. The molecule has 3 rings (SSSR count). The number of sulfonamides is 1. The van der Waals surface area contributed by atoms with Gasteiger partial charge in [-0.3, -0.25) is 9.52 Å². The Morgan fingerprint density at radius 1 is 0.966 bits per heavy atom. The first-order valence-electron chi connectivity index (χ1n) is 8.99. The van der Waals surface area contributed by atoms with E-state index in [2.05, 4.69) is 10.0 Å². The van der Waals surface area contributed by atoms with E-state index in [4.69, 9.17) is 4.74 Å². The van der Waals surface area contributed by atoms with E-state index in [-0.39, 0.29) is 17.2 Å². The molecule has 29 heavy (non-hydrogen) atoms. The summed E-state index contributed by atoms with van der Waals surface area (Å²) < 4.78 is 32.8. The summed E-state index contributed by atoms with van der Waals surface area (Å²) in [4.78, 5) is 12.5. The maximum Gasteiger partial charge on any atom is 0.261 e. The Hall–Kier alpha value is -3.32. The van der Waals surface area contributed by atoms with E-state index in [1.807, 2.05) is 12.1 Å². The number of methoxy groups -OCH3 is 1. The molecule has 6 nitrogen and oxygen atoms in total. The van der Waals surface area contributed by atoms with Crippen LogP contribution in [0.15, 0.2) is 77.7 Å². The summed E-state index contributed by atoms with van der Waals surface area (Å²) in [5, 5.41) is 2.81. The van der Waals surface area contributed by atoms with Crippen molar-refractivity contribution in [2.45, 2.75) is 18.2 Å². The van der Waals surface area contributed by atoms with E-state index in [0.29, 0.717) is 11.4 Å². The number of hydrogen-bond acceptors (Lipinski definition) is 4. The summed E-state index contributed by atoms with van der Waals surface area (Å²) in [5.41, 5.74) is 2.52. The Labute approximate surface area is 170 Å². The molecule has 0 fully saturated rings. The van der Waals surface area contributed by atoms with E-state index in [0.717, 1.165) is 16.9 Å². The van der Waals surface area contributed by atoms with Crippen LogP contribution in [0, 0.1) is 6.92 Å². The van der Waals surface area contributed by atoms with E-state index in [1.54, 1.807) is 62.6 Å². The van der Waals surface area contributed by atoms with Crippen molar-refractivity contribution in [1.29, 1.82) is 0 Å². The second-order valence-corrected chi connectivity index (χ2v) is 8.20. The van der Waals surface area contributed by atoms with Crippen LogP contribution < -0.4 is 14.8 Å². The summed E-state index contributed by atoms with van der Waals surface area (Å²) in [6.07, 6.45) is 0.197. The topological polar surface area (TPSA) is 84.5 Å². The smallest absolute Gasteiger partial charge is 0.261 e. The molecule has 0 aliphatic rings. The Morgan fingerprint density at radius 3 is 2.31 bits per heavy atom. The number of amides is 1. The number of carbonyl (C=O) groups excluding carboxylic acids is 1. The van der Waals surface area contributed by atoms with Crippen molar-refractivity contribution in [3.8, 4) is 5.75 Å². The molecule has 0 bridgehead atoms. The van der Waals surface area contributed by atoms with Crippen molar-refractivity contribution in [2.24, 2.45) is 0 Å². The number of hydrogen-bond donors (Lipinski definition) is 2. The fourth-order valence-electron chi connectivity index (χ4n) is 2.75. The molecule has 1 amide bonds. The molecule has 7 heteroatoms. The number of benzene rings is 3. The highest BCUT2D eigenvalue weighted by Gasteiger charge is 2.15. The van der Waals surface area contributed by atoms with Crippen molar-refractivity contribution in [3.05, 3.63) is 83.9 Å².